The summed E-state index contributed by atoms with van der Waals surface area (Å²) in [5, 5.41) is 1.35. The van der Waals surface area contributed by atoms with Gasteiger partial charge in [-0.3, -0.25) is 0 Å². The Hall–Kier alpha value is -1.64. The minimum atomic E-state index is -0.292. The first-order valence-electron chi connectivity index (χ1n) is 5.26. The fraction of sp³-hybridized carbons (Fsp3) is 0.308. The number of benzene rings is 1. The Bertz CT molecular complexity index is 523. The summed E-state index contributed by atoms with van der Waals surface area (Å²) in [6.45, 7) is 4.09. The number of nitrogens with zero attached hydrogens (tertiary/aromatic N) is 1. The molecule has 0 aliphatic rings. The largest absolute Gasteiger partial charge is 0.481 e. The average Bonchev–Trinajstić information content (AvgIpc) is 2.29. The van der Waals surface area contributed by atoms with E-state index in [1.807, 2.05) is 32.0 Å². The van der Waals surface area contributed by atoms with Crippen molar-refractivity contribution in [2.75, 3.05) is 7.11 Å². The van der Waals surface area contributed by atoms with Gasteiger partial charge in [-0.1, -0.05) is 26.0 Å². The molecular formula is C13H14FNO. The lowest BCUT2D eigenvalue weighted by molar-refractivity contribution is 0.402. The number of rotatable bonds is 2. The summed E-state index contributed by atoms with van der Waals surface area (Å²) in [4.78, 5) is 3.93. The maximum atomic E-state index is 13.8. The molecule has 0 aliphatic heterocycles. The molecule has 0 aliphatic carbocycles. The SMILES string of the molecule is COc1ncc(F)c2c(C(C)C)cccc12. The first kappa shape index (κ1) is 10.9. The maximum absolute atomic E-state index is 13.8. The normalized spacial score (nSPS) is 11.1. The zero-order valence-corrected chi connectivity index (χ0v) is 9.62. The minimum Gasteiger partial charge on any atom is -0.481 e. The van der Waals surface area contributed by atoms with E-state index in [2.05, 4.69) is 4.98 Å². The molecule has 1 aromatic carbocycles. The zero-order chi connectivity index (χ0) is 11.7. The number of hydrogen-bond donors (Lipinski definition) is 0. The number of methoxy groups -OCH3 is 1. The van der Waals surface area contributed by atoms with E-state index in [1.165, 1.54) is 6.20 Å². The topological polar surface area (TPSA) is 22.1 Å². The van der Waals surface area contributed by atoms with Crippen molar-refractivity contribution >= 4 is 10.8 Å². The van der Waals surface area contributed by atoms with Crippen LogP contribution in [-0.2, 0) is 0 Å². The van der Waals surface area contributed by atoms with Crippen molar-refractivity contribution in [2.24, 2.45) is 0 Å². The first-order chi connectivity index (χ1) is 7.65. The molecule has 0 unspecified atom stereocenters. The van der Waals surface area contributed by atoms with Crippen LogP contribution in [0.25, 0.3) is 10.8 Å². The Labute approximate surface area is 94.1 Å². The Morgan fingerprint density at radius 2 is 2.06 bits per heavy atom. The second-order valence-corrected chi connectivity index (χ2v) is 4.04. The summed E-state index contributed by atoms with van der Waals surface area (Å²) in [6.07, 6.45) is 1.22. The van der Waals surface area contributed by atoms with Crippen molar-refractivity contribution in [3.63, 3.8) is 0 Å². The van der Waals surface area contributed by atoms with E-state index in [1.54, 1.807) is 7.11 Å². The molecule has 0 saturated heterocycles. The molecular weight excluding hydrogens is 205 g/mol. The number of pyridine rings is 1. The summed E-state index contributed by atoms with van der Waals surface area (Å²) in [5.74, 6) is 0.448. The van der Waals surface area contributed by atoms with Gasteiger partial charge in [0, 0.05) is 10.8 Å². The molecule has 2 aromatic rings. The van der Waals surface area contributed by atoms with Gasteiger partial charge in [0.25, 0.3) is 0 Å². The van der Waals surface area contributed by atoms with Gasteiger partial charge in [-0.05, 0) is 17.5 Å². The van der Waals surface area contributed by atoms with Crippen LogP contribution in [0.3, 0.4) is 0 Å². The van der Waals surface area contributed by atoms with E-state index in [0.717, 1.165) is 10.9 Å². The van der Waals surface area contributed by atoms with Crippen LogP contribution in [-0.4, -0.2) is 12.1 Å². The van der Waals surface area contributed by atoms with Crippen molar-refractivity contribution in [3.8, 4) is 5.88 Å². The standard InChI is InChI=1S/C13H14FNO/c1-8(2)9-5-4-6-10-12(9)11(14)7-15-13(10)16-3/h4-8H,1-3H3. The van der Waals surface area contributed by atoms with Crippen LogP contribution in [0, 0.1) is 5.82 Å². The first-order valence-corrected chi connectivity index (χ1v) is 5.26. The molecule has 2 nitrogen and oxygen atoms in total. The van der Waals surface area contributed by atoms with Gasteiger partial charge in [0.15, 0.2) is 0 Å². The van der Waals surface area contributed by atoms with Crippen molar-refractivity contribution in [1.29, 1.82) is 0 Å². The molecule has 1 heterocycles. The smallest absolute Gasteiger partial charge is 0.221 e. The number of fused-ring (bicyclic) bond motifs is 1. The van der Waals surface area contributed by atoms with Crippen LogP contribution in [0.1, 0.15) is 25.3 Å². The lowest BCUT2D eigenvalue weighted by Gasteiger charge is -2.12. The van der Waals surface area contributed by atoms with Crippen LogP contribution in [0.15, 0.2) is 24.4 Å². The van der Waals surface area contributed by atoms with E-state index in [4.69, 9.17) is 4.74 Å². The maximum Gasteiger partial charge on any atom is 0.221 e. The van der Waals surface area contributed by atoms with Gasteiger partial charge in [-0.2, -0.15) is 0 Å². The van der Waals surface area contributed by atoms with E-state index in [-0.39, 0.29) is 11.7 Å². The third kappa shape index (κ3) is 1.62. The summed E-state index contributed by atoms with van der Waals surface area (Å²) in [6, 6.07) is 5.67. The Balaban J connectivity index is 2.86. The molecule has 16 heavy (non-hydrogen) atoms. The van der Waals surface area contributed by atoms with Gasteiger partial charge in [-0.15, -0.1) is 0 Å². The van der Waals surface area contributed by atoms with Gasteiger partial charge in [-0.25, -0.2) is 9.37 Å². The van der Waals surface area contributed by atoms with E-state index in [9.17, 15) is 4.39 Å². The number of ether oxygens (including phenoxy) is 1. The lowest BCUT2D eigenvalue weighted by atomic mass is 9.97. The van der Waals surface area contributed by atoms with Crippen molar-refractivity contribution in [3.05, 3.63) is 35.8 Å². The van der Waals surface area contributed by atoms with Crippen molar-refractivity contribution < 1.29 is 9.13 Å². The van der Waals surface area contributed by atoms with Gasteiger partial charge in [0.1, 0.15) is 5.82 Å². The number of halogens is 1. The molecule has 0 atom stereocenters. The van der Waals surface area contributed by atoms with E-state index >= 15 is 0 Å². The predicted molar refractivity (Wildman–Crippen MR) is 62.3 cm³/mol. The lowest BCUT2D eigenvalue weighted by Crippen LogP contribution is -1.96. The highest BCUT2D eigenvalue weighted by Gasteiger charge is 2.13. The molecule has 0 amide bonds. The van der Waals surface area contributed by atoms with Gasteiger partial charge in [0.05, 0.1) is 13.3 Å². The van der Waals surface area contributed by atoms with E-state index < -0.39 is 0 Å². The Morgan fingerprint density at radius 1 is 1.31 bits per heavy atom. The third-order valence-electron chi connectivity index (χ3n) is 2.68. The molecule has 0 saturated carbocycles. The second-order valence-electron chi connectivity index (χ2n) is 4.04. The molecule has 84 valence electrons. The molecule has 0 bridgehead atoms. The highest BCUT2D eigenvalue weighted by molar-refractivity contribution is 5.90. The Morgan fingerprint density at radius 3 is 2.69 bits per heavy atom. The quantitative estimate of drug-likeness (QED) is 0.771. The Kier molecular flexibility index (Phi) is 2.77. The van der Waals surface area contributed by atoms with Gasteiger partial charge in [0.2, 0.25) is 5.88 Å². The molecule has 1 aromatic heterocycles. The summed E-state index contributed by atoms with van der Waals surface area (Å²) >= 11 is 0. The summed E-state index contributed by atoms with van der Waals surface area (Å²) in [5.41, 5.74) is 0.982. The fourth-order valence-electron chi connectivity index (χ4n) is 1.91. The van der Waals surface area contributed by atoms with E-state index in [0.29, 0.717) is 11.3 Å². The third-order valence-corrected chi connectivity index (χ3v) is 2.68. The predicted octanol–water partition coefficient (Wildman–Crippen LogP) is 3.51. The van der Waals surface area contributed by atoms with Crippen LogP contribution in [0.2, 0.25) is 0 Å². The zero-order valence-electron chi connectivity index (χ0n) is 9.62. The van der Waals surface area contributed by atoms with Crippen molar-refractivity contribution in [2.45, 2.75) is 19.8 Å². The van der Waals surface area contributed by atoms with Crippen LogP contribution in [0.5, 0.6) is 5.88 Å². The average molecular weight is 219 g/mol. The summed E-state index contributed by atoms with van der Waals surface area (Å²) < 4.78 is 18.9. The monoisotopic (exact) mass is 219 g/mol. The molecule has 3 heteroatoms. The fourth-order valence-corrected chi connectivity index (χ4v) is 1.91. The molecule has 0 spiro atoms. The molecule has 0 fully saturated rings. The van der Waals surface area contributed by atoms with Gasteiger partial charge >= 0.3 is 0 Å². The number of hydrogen-bond acceptors (Lipinski definition) is 2. The second kappa shape index (κ2) is 4.08. The summed E-state index contributed by atoms with van der Waals surface area (Å²) in [7, 11) is 1.54. The van der Waals surface area contributed by atoms with Gasteiger partial charge < -0.3 is 4.74 Å². The van der Waals surface area contributed by atoms with Crippen LogP contribution in [0.4, 0.5) is 4.39 Å². The molecule has 0 radical (unpaired) electrons. The number of aromatic nitrogens is 1. The highest BCUT2D eigenvalue weighted by atomic mass is 19.1. The van der Waals surface area contributed by atoms with Crippen LogP contribution < -0.4 is 4.74 Å². The highest BCUT2D eigenvalue weighted by Crippen LogP contribution is 2.31. The molecule has 0 N–H and O–H groups in total. The molecule has 2 rings (SSSR count). The van der Waals surface area contributed by atoms with Crippen LogP contribution >= 0.6 is 0 Å². The van der Waals surface area contributed by atoms with Crippen molar-refractivity contribution in [1.82, 2.24) is 4.98 Å². The minimum absolute atomic E-state index is 0.269.